The van der Waals surface area contributed by atoms with Crippen LogP contribution in [0.2, 0.25) is 0 Å². The Kier molecular flexibility index (Phi) is 7.27. The van der Waals surface area contributed by atoms with Gasteiger partial charge in [0.25, 0.3) is 0 Å². The summed E-state index contributed by atoms with van der Waals surface area (Å²) >= 11 is 0. The molecule has 0 radical (unpaired) electrons. The Balaban J connectivity index is 1.48. The Labute approximate surface area is 177 Å². The van der Waals surface area contributed by atoms with Gasteiger partial charge in [-0.1, -0.05) is 24.3 Å². The number of nitrogens with zero attached hydrogens (tertiary/aromatic N) is 2. The number of amides is 1. The van der Waals surface area contributed by atoms with Crippen molar-refractivity contribution in [2.45, 2.75) is 45.8 Å². The number of anilines is 1. The second kappa shape index (κ2) is 10.1. The second-order valence-electron chi connectivity index (χ2n) is 7.72. The molecule has 7 heteroatoms. The molecule has 162 valence electrons. The molecule has 1 amide bonds. The standard InChI is InChI=1S/C23H31N3O4/c1-17(2)30-21-11-6-5-10-20(21)24-12-15-25(16-27)13-7-14-26-22(28)18-8-3-4-9-19(18)23(26)29/h3-6,10-11,16-17,24,28-29H,7-9,12-15H2,1-2H3. The zero-order chi connectivity index (χ0) is 21.5. The number of carbonyl (C=O) groups is 1. The number of para-hydroxylation sites is 2. The molecular weight excluding hydrogens is 382 g/mol. The first-order chi connectivity index (χ1) is 14.5. The zero-order valence-electron chi connectivity index (χ0n) is 17.7. The number of hydrogen-bond donors (Lipinski definition) is 3. The van der Waals surface area contributed by atoms with E-state index in [2.05, 4.69) is 5.32 Å². The fourth-order valence-corrected chi connectivity index (χ4v) is 3.69. The van der Waals surface area contributed by atoms with Crippen LogP contribution in [-0.4, -0.2) is 51.8 Å². The highest BCUT2D eigenvalue weighted by Gasteiger charge is 2.22. The smallest absolute Gasteiger partial charge is 0.209 e. The van der Waals surface area contributed by atoms with E-state index in [9.17, 15) is 15.0 Å². The van der Waals surface area contributed by atoms with Crippen molar-refractivity contribution in [3.05, 3.63) is 47.5 Å². The van der Waals surface area contributed by atoms with Crippen molar-refractivity contribution in [1.29, 1.82) is 0 Å². The molecule has 1 aromatic heterocycles. The summed E-state index contributed by atoms with van der Waals surface area (Å²) in [5.74, 6) is 1.06. The summed E-state index contributed by atoms with van der Waals surface area (Å²) in [7, 11) is 0. The van der Waals surface area contributed by atoms with E-state index in [0.29, 0.717) is 45.4 Å². The lowest BCUT2D eigenvalue weighted by atomic mass is 10.0. The molecule has 0 saturated carbocycles. The molecule has 1 aromatic carbocycles. The molecule has 0 aliphatic heterocycles. The highest BCUT2D eigenvalue weighted by molar-refractivity contribution is 5.56. The van der Waals surface area contributed by atoms with Gasteiger partial charge in [0.05, 0.1) is 11.8 Å². The zero-order valence-corrected chi connectivity index (χ0v) is 17.7. The summed E-state index contributed by atoms with van der Waals surface area (Å²) in [4.78, 5) is 13.1. The van der Waals surface area contributed by atoms with E-state index in [1.165, 1.54) is 0 Å². The topological polar surface area (TPSA) is 87.0 Å². The van der Waals surface area contributed by atoms with Crippen molar-refractivity contribution in [2.24, 2.45) is 0 Å². The van der Waals surface area contributed by atoms with Gasteiger partial charge in [-0.05, 0) is 45.2 Å². The first-order valence-electron chi connectivity index (χ1n) is 10.5. The van der Waals surface area contributed by atoms with E-state index in [1.54, 1.807) is 9.47 Å². The van der Waals surface area contributed by atoms with Gasteiger partial charge in [-0.15, -0.1) is 0 Å². The highest BCUT2D eigenvalue weighted by Crippen LogP contribution is 2.36. The van der Waals surface area contributed by atoms with Crippen LogP contribution in [0, 0.1) is 0 Å². The van der Waals surface area contributed by atoms with Crippen LogP contribution in [0.25, 0.3) is 0 Å². The fraction of sp³-hybridized carbons (Fsp3) is 0.435. The quantitative estimate of drug-likeness (QED) is 0.389. The van der Waals surface area contributed by atoms with Crippen LogP contribution in [-0.2, 0) is 24.2 Å². The third-order valence-corrected chi connectivity index (χ3v) is 5.17. The van der Waals surface area contributed by atoms with Gasteiger partial charge in [-0.25, -0.2) is 0 Å². The van der Waals surface area contributed by atoms with Crippen LogP contribution in [0.15, 0.2) is 36.4 Å². The summed E-state index contributed by atoms with van der Waals surface area (Å²) < 4.78 is 7.34. The Morgan fingerprint density at radius 3 is 2.43 bits per heavy atom. The monoisotopic (exact) mass is 413 g/mol. The van der Waals surface area contributed by atoms with E-state index in [1.807, 2.05) is 50.3 Å². The molecule has 0 unspecified atom stereocenters. The SMILES string of the molecule is CC(C)Oc1ccccc1NCCN(C=O)CCCn1c(O)c2c(c1O)CC=CC2. The van der Waals surface area contributed by atoms with Crippen molar-refractivity contribution in [2.75, 3.05) is 25.0 Å². The molecule has 0 bridgehead atoms. The number of fused-ring (bicyclic) bond motifs is 1. The van der Waals surface area contributed by atoms with Gasteiger partial charge in [0.1, 0.15) is 5.75 Å². The largest absolute Gasteiger partial charge is 0.494 e. The molecule has 1 aliphatic carbocycles. The molecule has 30 heavy (non-hydrogen) atoms. The average Bonchev–Trinajstić information content (AvgIpc) is 2.98. The van der Waals surface area contributed by atoms with E-state index >= 15 is 0 Å². The van der Waals surface area contributed by atoms with Gasteiger partial charge in [0, 0.05) is 37.3 Å². The van der Waals surface area contributed by atoms with Crippen molar-refractivity contribution in [3.8, 4) is 17.5 Å². The maximum absolute atomic E-state index is 11.5. The number of rotatable bonds is 11. The fourth-order valence-electron chi connectivity index (χ4n) is 3.69. The number of benzene rings is 1. The maximum atomic E-state index is 11.5. The number of nitrogens with one attached hydrogen (secondary N) is 1. The van der Waals surface area contributed by atoms with Crippen LogP contribution in [0.3, 0.4) is 0 Å². The van der Waals surface area contributed by atoms with Crippen LogP contribution >= 0.6 is 0 Å². The first kappa shape index (κ1) is 21.6. The van der Waals surface area contributed by atoms with Gasteiger partial charge >= 0.3 is 0 Å². The normalized spacial score (nSPS) is 12.6. The number of aromatic hydroxyl groups is 2. The van der Waals surface area contributed by atoms with Crippen LogP contribution < -0.4 is 10.1 Å². The minimum Gasteiger partial charge on any atom is -0.494 e. The molecule has 0 atom stereocenters. The molecular formula is C23H31N3O4. The predicted molar refractivity (Wildman–Crippen MR) is 117 cm³/mol. The van der Waals surface area contributed by atoms with Crippen LogP contribution in [0.5, 0.6) is 17.5 Å². The molecule has 3 N–H and O–H groups in total. The van der Waals surface area contributed by atoms with Crippen molar-refractivity contribution in [3.63, 3.8) is 0 Å². The number of carbonyl (C=O) groups excluding carboxylic acids is 1. The number of aromatic nitrogens is 1. The van der Waals surface area contributed by atoms with Gasteiger partial charge < -0.3 is 25.2 Å². The summed E-state index contributed by atoms with van der Waals surface area (Å²) in [5, 5.41) is 24.1. The van der Waals surface area contributed by atoms with Gasteiger partial charge in [-0.2, -0.15) is 0 Å². The Morgan fingerprint density at radius 1 is 1.13 bits per heavy atom. The number of ether oxygens (including phenoxy) is 1. The first-order valence-corrected chi connectivity index (χ1v) is 10.5. The van der Waals surface area contributed by atoms with E-state index in [0.717, 1.165) is 29.0 Å². The lowest BCUT2D eigenvalue weighted by Crippen LogP contribution is -2.29. The third kappa shape index (κ3) is 5.09. The predicted octanol–water partition coefficient (Wildman–Crippen LogP) is 3.30. The van der Waals surface area contributed by atoms with E-state index < -0.39 is 0 Å². The van der Waals surface area contributed by atoms with E-state index in [4.69, 9.17) is 4.74 Å². The van der Waals surface area contributed by atoms with Gasteiger partial charge in [0.15, 0.2) is 11.8 Å². The van der Waals surface area contributed by atoms with E-state index in [-0.39, 0.29) is 17.9 Å². The van der Waals surface area contributed by atoms with Gasteiger partial charge in [0.2, 0.25) is 6.41 Å². The van der Waals surface area contributed by atoms with Crippen molar-refractivity contribution in [1.82, 2.24) is 9.47 Å². The molecule has 2 aromatic rings. The molecule has 1 aliphatic rings. The van der Waals surface area contributed by atoms with Crippen molar-refractivity contribution >= 4 is 12.1 Å². The molecule has 0 spiro atoms. The summed E-state index contributed by atoms with van der Waals surface area (Å²) in [6.07, 6.45) is 6.82. The Hall–Kier alpha value is -3.09. The average molecular weight is 414 g/mol. The van der Waals surface area contributed by atoms with Crippen LogP contribution in [0.4, 0.5) is 5.69 Å². The highest BCUT2D eigenvalue weighted by atomic mass is 16.5. The second-order valence-corrected chi connectivity index (χ2v) is 7.72. The van der Waals surface area contributed by atoms with Gasteiger partial charge in [-0.3, -0.25) is 9.36 Å². The number of allylic oxidation sites excluding steroid dienone is 2. The Morgan fingerprint density at radius 2 is 1.80 bits per heavy atom. The molecule has 1 heterocycles. The van der Waals surface area contributed by atoms with Crippen molar-refractivity contribution < 1.29 is 19.7 Å². The summed E-state index contributed by atoms with van der Waals surface area (Å²) in [6, 6.07) is 7.75. The lowest BCUT2D eigenvalue weighted by Gasteiger charge is -2.20. The molecule has 7 nitrogen and oxygen atoms in total. The summed E-state index contributed by atoms with van der Waals surface area (Å²) in [6.45, 7) is 6.10. The molecule has 0 saturated heterocycles. The molecule has 0 fully saturated rings. The third-order valence-electron chi connectivity index (χ3n) is 5.17. The Bertz CT molecular complexity index is 857. The van der Waals surface area contributed by atoms with Crippen LogP contribution in [0.1, 0.15) is 31.4 Å². The maximum Gasteiger partial charge on any atom is 0.209 e. The number of hydrogen-bond acceptors (Lipinski definition) is 5. The lowest BCUT2D eigenvalue weighted by molar-refractivity contribution is -0.118. The minimum atomic E-state index is 0.0855. The summed E-state index contributed by atoms with van der Waals surface area (Å²) in [5.41, 5.74) is 2.50. The minimum absolute atomic E-state index is 0.0855. The molecule has 3 rings (SSSR count).